The number of aryl methyl sites for hydroxylation is 1. The Labute approximate surface area is 250 Å². The number of ether oxygens (including phenoxy) is 2. The van der Waals surface area contributed by atoms with Crippen molar-refractivity contribution >= 4 is 40.1 Å². The number of hydrogen-bond donors (Lipinski definition) is 4. The average Bonchev–Trinajstić information content (AvgIpc) is 3.40. The van der Waals surface area contributed by atoms with Gasteiger partial charge in [0.1, 0.15) is 27.2 Å². The Kier molecular flexibility index (Phi) is 9.65. The number of thiazole rings is 1. The van der Waals surface area contributed by atoms with Gasteiger partial charge >= 0.3 is 12.2 Å². The number of benzene rings is 1. The van der Waals surface area contributed by atoms with Gasteiger partial charge in [-0.1, -0.05) is 17.4 Å². The second-order valence-corrected chi connectivity index (χ2v) is 12.1. The Morgan fingerprint density at radius 1 is 1.09 bits per heavy atom. The molecule has 0 bridgehead atoms. The molecule has 4 N–H and O–H groups in total. The van der Waals surface area contributed by atoms with E-state index in [-0.39, 0.29) is 27.7 Å². The number of anilines is 2. The summed E-state index contributed by atoms with van der Waals surface area (Å²) in [7, 11) is 3.27. The summed E-state index contributed by atoms with van der Waals surface area (Å²) in [6, 6.07) is 2.95. The van der Waals surface area contributed by atoms with E-state index in [2.05, 4.69) is 26.0 Å². The van der Waals surface area contributed by atoms with Crippen LogP contribution < -0.4 is 16.0 Å². The van der Waals surface area contributed by atoms with Crippen molar-refractivity contribution in [3.05, 3.63) is 47.4 Å². The molecule has 0 radical (unpaired) electrons. The molecule has 1 fully saturated rings. The molecule has 1 aromatic carbocycles. The van der Waals surface area contributed by atoms with Crippen LogP contribution >= 0.6 is 11.3 Å². The summed E-state index contributed by atoms with van der Waals surface area (Å²) < 4.78 is 41.7. The molecule has 2 aromatic heterocycles. The summed E-state index contributed by atoms with van der Waals surface area (Å²) in [6.07, 6.45) is 1.45. The maximum absolute atomic E-state index is 14.6. The third-order valence-electron chi connectivity index (χ3n) is 6.94. The number of rotatable bonds is 7. The summed E-state index contributed by atoms with van der Waals surface area (Å²) in [5, 5.41) is 21.2. The van der Waals surface area contributed by atoms with E-state index in [4.69, 9.17) is 9.47 Å². The molecule has 1 saturated carbocycles. The minimum atomic E-state index is -1.13. The normalized spacial score (nSPS) is 18.9. The minimum absolute atomic E-state index is 0.0603. The van der Waals surface area contributed by atoms with Crippen LogP contribution in [0.3, 0.4) is 0 Å². The SMILES string of the molecule is COC1CCC(c2c(NC(=O)c3nc(-c4c(F)cccc4F)sc3NC(=O)OC(C)(C)C)cnn2C)CCC1NC(=O)O. The lowest BCUT2D eigenvalue weighted by Crippen LogP contribution is -2.42. The highest BCUT2D eigenvalue weighted by molar-refractivity contribution is 7.19. The van der Waals surface area contributed by atoms with E-state index in [1.165, 1.54) is 19.4 Å². The van der Waals surface area contributed by atoms with Gasteiger partial charge in [-0.05, 0) is 58.6 Å². The smallest absolute Gasteiger partial charge is 0.412 e. The van der Waals surface area contributed by atoms with Crippen molar-refractivity contribution in [2.45, 2.75) is 70.1 Å². The van der Waals surface area contributed by atoms with E-state index >= 15 is 0 Å². The van der Waals surface area contributed by atoms with E-state index < -0.39 is 46.9 Å². The van der Waals surface area contributed by atoms with Crippen LogP contribution in [0, 0.1) is 11.6 Å². The lowest BCUT2D eigenvalue weighted by Gasteiger charge is -2.23. The summed E-state index contributed by atoms with van der Waals surface area (Å²) in [5.41, 5.74) is -0.463. The first-order chi connectivity index (χ1) is 20.3. The van der Waals surface area contributed by atoms with Crippen LogP contribution in [0.15, 0.2) is 24.4 Å². The van der Waals surface area contributed by atoms with Gasteiger partial charge in [0.15, 0.2) is 5.69 Å². The Bertz CT molecular complexity index is 1480. The fourth-order valence-corrected chi connectivity index (χ4v) is 6.13. The third-order valence-corrected chi connectivity index (χ3v) is 7.93. The van der Waals surface area contributed by atoms with Gasteiger partial charge < -0.3 is 25.2 Å². The number of carboxylic acid groups (broad SMARTS) is 1. The van der Waals surface area contributed by atoms with Gasteiger partial charge in [0.2, 0.25) is 0 Å². The van der Waals surface area contributed by atoms with Crippen molar-refractivity contribution in [2.24, 2.45) is 7.05 Å². The first-order valence-electron chi connectivity index (χ1n) is 13.6. The quantitative estimate of drug-likeness (QED) is 0.244. The molecule has 2 heterocycles. The predicted molar refractivity (Wildman–Crippen MR) is 155 cm³/mol. The summed E-state index contributed by atoms with van der Waals surface area (Å²) in [5.74, 6) is -2.60. The standard InChI is InChI=1S/C28H34F2N6O6S/c1-28(2,3)42-27(40)35-25-21(34-24(43-25)20-15(29)7-6-8-16(20)30)23(37)32-18-13-31-36(4)22(18)14-9-11-17(33-26(38)39)19(41-5)12-10-14/h6-8,13-14,17,19,33H,9-12H2,1-5H3,(H,32,37)(H,35,40)(H,38,39). The van der Waals surface area contributed by atoms with Gasteiger partial charge in [0.05, 0.1) is 35.3 Å². The zero-order chi connectivity index (χ0) is 31.5. The average molecular weight is 621 g/mol. The first-order valence-corrected chi connectivity index (χ1v) is 14.4. The second kappa shape index (κ2) is 13.0. The second-order valence-electron chi connectivity index (χ2n) is 11.1. The van der Waals surface area contributed by atoms with Crippen molar-refractivity contribution in [3.63, 3.8) is 0 Å². The van der Waals surface area contributed by atoms with Gasteiger partial charge in [-0.3, -0.25) is 14.8 Å². The highest BCUT2D eigenvalue weighted by Gasteiger charge is 2.32. The lowest BCUT2D eigenvalue weighted by atomic mass is 9.95. The molecule has 43 heavy (non-hydrogen) atoms. The number of hydrogen-bond acceptors (Lipinski definition) is 8. The zero-order valence-electron chi connectivity index (χ0n) is 24.4. The van der Waals surface area contributed by atoms with Gasteiger partial charge in [-0.25, -0.2) is 23.4 Å². The zero-order valence-corrected chi connectivity index (χ0v) is 25.2. The van der Waals surface area contributed by atoms with E-state index in [0.717, 1.165) is 23.5 Å². The molecule has 3 aromatic rings. The van der Waals surface area contributed by atoms with Crippen molar-refractivity contribution in [1.29, 1.82) is 0 Å². The minimum Gasteiger partial charge on any atom is -0.465 e. The lowest BCUT2D eigenvalue weighted by molar-refractivity contribution is 0.0624. The number of carbonyl (C=O) groups is 3. The van der Waals surface area contributed by atoms with Crippen LogP contribution in [-0.2, 0) is 16.5 Å². The molecule has 4 rings (SSSR count). The highest BCUT2D eigenvalue weighted by Crippen LogP contribution is 2.38. The number of carbonyl (C=O) groups excluding carboxylic acids is 2. The van der Waals surface area contributed by atoms with Gasteiger partial charge in [-0.2, -0.15) is 5.10 Å². The first kappa shape index (κ1) is 31.8. The van der Waals surface area contributed by atoms with Gasteiger partial charge in [0.25, 0.3) is 5.91 Å². The van der Waals surface area contributed by atoms with Crippen LogP contribution in [0.25, 0.3) is 10.6 Å². The van der Waals surface area contributed by atoms with E-state index in [1.54, 1.807) is 32.5 Å². The van der Waals surface area contributed by atoms with Crippen LogP contribution in [0.1, 0.15) is 68.6 Å². The molecule has 12 nitrogen and oxygen atoms in total. The predicted octanol–water partition coefficient (Wildman–Crippen LogP) is 5.73. The Morgan fingerprint density at radius 3 is 2.40 bits per heavy atom. The maximum atomic E-state index is 14.6. The molecular formula is C28H34F2N6O6S. The van der Waals surface area contributed by atoms with Crippen LogP contribution in [0.2, 0.25) is 0 Å². The number of amides is 3. The molecule has 232 valence electrons. The number of halogens is 2. The maximum Gasteiger partial charge on any atom is 0.412 e. The summed E-state index contributed by atoms with van der Waals surface area (Å²) in [6.45, 7) is 5.00. The molecule has 3 atom stereocenters. The Hall–Kier alpha value is -4.11. The number of nitrogens with one attached hydrogen (secondary N) is 3. The molecular weight excluding hydrogens is 586 g/mol. The van der Waals surface area contributed by atoms with Crippen molar-refractivity contribution in [1.82, 2.24) is 20.1 Å². The monoisotopic (exact) mass is 620 g/mol. The van der Waals surface area contributed by atoms with Crippen LogP contribution in [0.4, 0.5) is 29.1 Å². The highest BCUT2D eigenvalue weighted by atomic mass is 32.1. The Balaban J connectivity index is 1.64. The third kappa shape index (κ3) is 7.65. The molecule has 1 aliphatic rings. The topological polar surface area (TPSA) is 157 Å². The van der Waals surface area contributed by atoms with Crippen LogP contribution in [0.5, 0.6) is 0 Å². The van der Waals surface area contributed by atoms with Crippen LogP contribution in [-0.4, -0.2) is 62.8 Å². The fourth-order valence-electron chi connectivity index (χ4n) is 5.13. The molecule has 0 spiro atoms. The molecule has 3 unspecified atom stereocenters. The molecule has 1 aliphatic carbocycles. The summed E-state index contributed by atoms with van der Waals surface area (Å²) in [4.78, 5) is 41.7. The molecule has 0 aliphatic heterocycles. The summed E-state index contributed by atoms with van der Waals surface area (Å²) >= 11 is 0.729. The number of nitrogens with zero attached hydrogens (tertiary/aromatic N) is 3. The Morgan fingerprint density at radius 2 is 1.77 bits per heavy atom. The number of aromatic nitrogens is 3. The fraction of sp³-hybridized carbons (Fsp3) is 0.464. The van der Waals surface area contributed by atoms with Crippen molar-refractivity contribution in [3.8, 4) is 10.6 Å². The molecule has 0 saturated heterocycles. The van der Waals surface area contributed by atoms with E-state index in [9.17, 15) is 28.3 Å². The van der Waals surface area contributed by atoms with Gasteiger partial charge in [0, 0.05) is 20.1 Å². The molecule has 15 heteroatoms. The number of methoxy groups -OCH3 is 1. The largest absolute Gasteiger partial charge is 0.465 e. The van der Waals surface area contributed by atoms with Crippen molar-refractivity contribution in [2.75, 3.05) is 17.7 Å². The van der Waals surface area contributed by atoms with E-state index in [0.29, 0.717) is 37.1 Å². The molecule has 3 amide bonds. The van der Waals surface area contributed by atoms with E-state index in [1.807, 2.05) is 0 Å². The van der Waals surface area contributed by atoms with Gasteiger partial charge in [-0.15, -0.1) is 0 Å². The van der Waals surface area contributed by atoms with Crippen molar-refractivity contribution < 1.29 is 37.7 Å².